The summed E-state index contributed by atoms with van der Waals surface area (Å²) in [5.41, 5.74) is 1.57. The molecule has 3 aromatic rings. The van der Waals surface area contributed by atoms with Crippen LogP contribution in [0.4, 0.5) is 5.69 Å². The summed E-state index contributed by atoms with van der Waals surface area (Å²) in [6.07, 6.45) is 0.251. The molecule has 0 fully saturated rings. The first kappa shape index (κ1) is 24.6. The lowest BCUT2D eigenvalue weighted by Crippen LogP contribution is -2.30. The molecule has 2 amide bonds. The summed E-state index contributed by atoms with van der Waals surface area (Å²) in [5.74, 6) is 1.29. The Morgan fingerprint density at radius 3 is 2.42 bits per heavy atom. The van der Waals surface area contributed by atoms with Gasteiger partial charge in [0.05, 0.1) is 25.3 Å². The van der Waals surface area contributed by atoms with E-state index in [0.29, 0.717) is 28.2 Å². The second-order valence-corrected chi connectivity index (χ2v) is 8.62. The van der Waals surface area contributed by atoms with E-state index < -0.39 is 0 Å². The number of carbonyl (C=O) groups is 2. The molecule has 1 heterocycles. The van der Waals surface area contributed by atoms with Gasteiger partial charge in [0.1, 0.15) is 5.75 Å². The quantitative estimate of drug-likeness (QED) is 0.417. The molecule has 0 aliphatic rings. The van der Waals surface area contributed by atoms with Gasteiger partial charge >= 0.3 is 0 Å². The fraction of sp³-hybridized carbons (Fsp3) is 0.304. The predicted molar refractivity (Wildman–Crippen MR) is 130 cm³/mol. The Morgan fingerprint density at radius 2 is 1.79 bits per heavy atom. The van der Waals surface area contributed by atoms with E-state index in [4.69, 9.17) is 16.3 Å². The number of hydrogen-bond acceptors (Lipinski definition) is 6. The molecule has 2 aromatic carbocycles. The van der Waals surface area contributed by atoms with E-state index in [0.717, 1.165) is 11.3 Å². The highest BCUT2D eigenvalue weighted by molar-refractivity contribution is 7.99. The highest BCUT2D eigenvalue weighted by Crippen LogP contribution is 2.21. The first-order chi connectivity index (χ1) is 15.9. The van der Waals surface area contributed by atoms with Gasteiger partial charge in [0.25, 0.3) is 0 Å². The summed E-state index contributed by atoms with van der Waals surface area (Å²) < 4.78 is 7.04. The maximum atomic E-state index is 12.5. The van der Waals surface area contributed by atoms with Gasteiger partial charge in [-0.05, 0) is 55.8 Å². The van der Waals surface area contributed by atoms with Gasteiger partial charge in [0.15, 0.2) is 11.0 Å². The first-order valence-corrected chi connectivity index (χ1v) is 11.8. The van der Waals surface area contributed by atoms with Crippen molar-refractivity contribution in [1.82, 2.24) is 20.1 Å². The number of anilines is 1. The normalized spacial score (nSPS) is 11.6. The van der Waals surface area contributed by atoms with Crippen LogP contribution >= 0.6 is 23.4 Å². The van der Waals surface area contributed by atoms with Crippen molar-refractivity contribution < 1.29 is 14.3 Å². The molecule has 3 rings (SSSR count). The molecule has 0 unspecified atom stereocenters. The summed E-state index contributed by atoms with van der Waals surface area (Å²) >= 11 is 7.16. The molecule has 10 heteroatoms. The van der Waals surface area contributed by atoms with Gasteiger partial charge < -0.3 is 19.9 Å². The molecule has 2 N–H and O–H groups in total. The fourth-order valence-electron chi connectivity index (χ4n) is 3.17. The van der Waals surface area contributed by atoms with Crippen molar-refractivity contribution in [3.8, 4) is 5.75 Å². The molecule has 0 bridgehead atoms. The molecule has 0 spiro atoms. The third-order valence-corrected chi connectivity index (χ3v) is 6.03. The Kier molecular flexibility index (Phi) is 8.73. The van der Waals surface area contributed by atoms with Crippen molar-refractivity contribution in [2.24, 2.45) is 0 Å². The average molecular weight is 488 g/mol. The molecule has 0 aliphatic carbocycles. The Hall–Kier alpha value is -3.04. The van der Waals surface area contributed by atoms with Crippen LogP contribution in [0.1, 0.15) is 31.3 Å². The van der Waals surface area contributed by atoms with Crippen LogP contribution in [0.2, 0.25) is 5.02 Å². The number of nitrogens with one attached hydrogen (secondary N) is 2. The smallest absolute Gasteiger partial charge is 0.234 e. The maximum absolute atomic E-state index is 12.5. The molecule has 0 aliphatic heterocycles. The summed E-state index contributed by atoms with van der Waals surface area (Å²) in [5, 5.41) is 15.5. The van der Waals surface area contributed by atoms with Gasteiger partial charge in [-0.15, -0.1) is 10.2 Å². The Balaban J connectivity index is 1.56. The van der Waals surface area contributed by atoms with Gasteiger partial charge in [-0.2, -0.15) is 0 Å². The zero-order chi connectivity index (χ0) is 23.8. The van der Waals surface area contributed by atoms with Crippen molar-refractivity contribution in [3.05, 3.63) is 64.9 Å². The number of halogens is 1. The predicted octanol–water partition coefficient (Wildman–Crippen LogP) is 4.11. The molecule has 1 atom stereocenters. The number of carbonyl (C=O) groups excluding carboxylic acids is 2. The summed E-state index contributed by atoms with van der Waals surface area (Å²) in [4.78, 5) is 24.8. The zero-order valence-corrected chi connectivity index (χ0v) is 20.2. The van der Waals surface area contributed by atoms with Crippen molar-refractivity contribution in [1.29, 1.82) is 0 Å². The van der Waals surface area contributed by atoms with Crippen molar-refractivity contribution in [2.75, 3.05) is 18.2 Å². The zero-order valence-electron chi connectivity index (χ0n) is 18.7. The van der Waals surface area contributed by atoms with E-state index in [1.165, 1.54) is 11.8 Å². The summed E-state index contributed by atoms with van der Waals surface area (Å²) in [6.45, 7) is 4.45. The minimum Gasteiger partial charge on any atom is -0.497 e. The Labute approximate surface area is 202 Å². The first-order valence-electron chi connectivity index (χ1n) is 10.4. The van der Waals surface area contributed by atoms with Crippen molar-refractivity contribution in [3.63, 3.8) is 0 Å². The number of thioether (sulfide) groups is 1. The molecule has 8 nitrogen and oxygen atoms in total. The van der Waals surface area contributed by atoms with Crippen LogP contribution in [0.3, 0.4) is 0 Å². The number of nitrogens with zero attached hydrogens (tertiary/aromatic N) is 3. The van der Waals surface area contributed by atoms with Gasteiger partial charge in [-0.3, -0.25) is 9.59 Å². The number of methoxy groups -OCH3 is 1. The largest absolute Gasteiger partial charge is 0.497 e. The number of hydrogen-bond donors (Lipinski definition) is 2. The van der Waals surface area contributed by atoms with Crippen molar-refractivity contribution in [2.45, 2.75) is 38.0 Å². The lowest BCUT2D eigenvalue weighted by Gasteiger charge is -2.15. The third-order valence-electron chi connectivity index (χ3n) is 4.81. The number of aromatic nitrogens is 3. The summed E-state index contributed by atoms with van der Waals surface area (Å²) in [6, 6.07) is 14.0. The molecule has 174 valence electrons. The number of benzene rings is 2. The SMILES string of the molecule is CCn1c(SCC(=O)Nc2ccc(Cl)cc2)nnc1[C@@H](C)NC(=O)Cc1ccc(OC)cc1. The number of rotatable bonds is 10. The minimum atomic E-state index is -0.333. The highest BCUT2D eigenvalue weighted by Gasteiger charge is 2.20. The maximum Gasteiger partial charge on any atom is 0.234 e. The monoisotopic (exact) mass is 487 g/mol. The van der Waals surface area contributed by atoms with E-state index in [1.807, 2.05) is 42.7 Å². The van der Waals surface area contributed by atoms with Crippen LogP contribution in [0, 0.1) is 0 Å². The second kappa shape index (κ2) is 11.7. The Bertz CT molecular complexity index is 1090. The van der Waals surface area contributed by atoms with Crippen LogP contribution in [0.25, 0.3) is 0 Å². The van der Waals surface area contributed by atoms with E-state index >= 15 is 0 Å². The average Bonchev–Trinajstić information content (AvgIpc) is 3.23. The topological polar surface area (TPSA) is 98.1 Å². The molecule has 1 aromatic heterocycles. The van der Waals surface area contributed by atoms with E-state index in [1.54, 1.807) is 31.4 Å². The standard InChI is InChI=1S/C23H26ClN5O3S/c1-4-29-22(15(2)25-20(30)13-16-5-11-19(32-3)12-6-16)27-28-23(29)33-14-21(31)26-18-9-7-17(24)8-10-18/h5-12,15H,4,13-14H2,1-3H3,(H,25,30)(H,26,31)/t15-/m1/s1. The molecule has 0 saturated carbocycles. The number of ether oxygens (including phenoxy) is 1. The van der Waals surface area contributed by atoms with Crippen LogP contribution < -0.4 is 15.4 Å². The van der Waals surface area contributed by atoms with Gasteiger partial charge in [-0.1, -0.05) is 35.5 Å². The summed E-state index contributed by atoms with van der Waals surface area (Å²) in [7, 11) is 1.60. The van der Waals surface area contributed by atoms with Crippen LogP contribution in [-0.2, 0) is 22.6 Å². The molecular weight excluding hydrogens is 462 g/mol. The highest BCUT2D eigenvalue weighted by atomic mass is 35.5. The molecule has 0 saturated heterocycles. The van der Waals surface area contributed by atoms with Crippen molar-refractivity contribution >= 4 is 40.9 Å². The Morgan fingerprint density at radius 1 is 1.09 bits per heavy atom. The van der Waals surface area contributed by atoms with Gasteiger partial charge in [0.2, 0.25) is 11.8 Å². The number of amides is 2. The van der Waals surface area contributed by atoms with Gasteiger partial charge in [-0.25, -0.2) is 0 Å². The van der Waals surface area contributed by atoms with Crippen LogP contribution in [0.5, 0.6) is 5.75 Å². The van der Waals surface area contributed by atoms with Gasteiger partial charge in [0, 0.05) is 17.3 Å². The van der Waals surface area contributed by atoms with E-state index in [-0.39, 0.29) is 30.0 Å². The van der Waals surface area contributed by atoms with E-state index in [2.05, 4.69) is 20.8 Å². The lowest BCUT2D eigenvalue weighted by atomic mass is 10.1. The molecule has 0 radical (unpaired) electrons. The lowest BCUT2D eigenvalue weighted by molar-refractivity contribution is -0.121. The van der Waals surface area contributed by atoms with Crippen LogP contribution in [0.15, 0.2) is 53.7 Å². The molecule has 33 heavy (non-hydrogen) atoms. The minimum absolute atomic E-state index is 0.116. The molecular formula is C23H26ClN5O3S. The van der Waals surface area contributed by atoms with E-state index in [9.17, 15) is 9.59 Å². The fourth-order valence-corrected chi connectivity index (χ4v) is 4.11. The third kappa shape index (κ3) is 6.97. The van der Waals surface area contributed by atoms with Crippen LogP contribution in [-0.4, -0.2) is 39.4 Å². The second-order valence-electron chi connectivity index (χ2n) is 7.24.